The molecule has 0 fully saturated rings. The van der Waals surface area contributed by atoms with Crippen molar-refractivity contribution >= 4 is 41.8 Å². The number of nitrogens with two attached hydrogens (primary N) is 1. The summed E-state index contributed by atoms with van der Waals surface area (Å²) in [4.78, 5) is 57.4. The van der Waals surface area contributed by atoms with Gasteiger partial charge in [-0.15, -0.1) is 0 Å². The Balaban J connectivity index is 2.93. The van der Waals surface area contributed by atoms with E-state index in [0.717, 1.165) is 11.8 Å². The highest BCUT2D eigenvalue weighted by Crippen LogP contribution is 2.38. The number of hydrogen-bond acceptors (Lipinski definition) is 9. The minimum absolute atomic E-state index is 0.00453. The first-order chi connectivity index (χ1) is 15.6. The molecule has 0 radical (unpaired) electrons. The van der Waals surface area contributed by atoms with Gasteiger partial charge in [-0.2, -0.15) is 11.8 Å². The Hall–Kier alpha value is -3.32. The van der Waals surface area contributed by atoms with Crippen molar-refractivity contribution in [2.75, 3.05) is 19.4 Å². The largest absolute Gasteiger partial charge is 0.507 e. The van der Waals surface area contributed by atoms with Crippen LogP contribution < -0.4 is 21.1 Å². The molecule has 0 aromatic heterocycles. The van der Waals surface area contributed by atoms with Gasteiger partial charge in [0.05, 0.1) is 7.11 Å². The molecule has 0 bridgehead atoms. The molecule has 33 heavy (non-hydrogen) atoms. The molecule has 0 spiro atoms. The third kappa shape index (κ3) is 9.78. The highest BCUT2D eigenvalue weighted by atomic mass is 32.2. The monoisotopic (exact) mass is 485 g/mol. The molecule has 1 aromatic carbocycles. The van der Waals surface area contributed by atoms with Crippen LogP contribution in [-0.4, -0.2) is 76.8 Å². The number of carboxylic acids is 2. The van der Waals surface area contributed by atoms with Gasteiger partial charge in [0.25, 0.3) is 0 Å². The molecule has 1 rings (SSSR count). The molecular formula is C20H27N3O9S. The van der Waals surface area contributed by atoms with Gasteiger partial charge in [0.15, 0.2) is 0 Å². The van der Waals surface area contributed by atoms with E-state index in [9.17, 15) is 29.1 Å². The number of carboxylic acid groups (broad SMARTS) is 2. The predicted molar refractivity (Wildman–Crippen MR) is 118 cm³/mol. The molecular weight excluding hydrogens is 458 g/mol. The number of hydrogen-bond donors (Lipinski definition) is 6. The van der Waals surface area contributed by atoms with Crippen LogP contribution in [0.2, 0.25) is 0 Å². The van der Waals surface area contributed by atoms with E-state index in [1.807, 2.05) is 0 Å². The third-order valence-electron chi connectivity index (χ3n) is 4.42. The van der Waals surface area contributed by atoms with Crippen LogP contribution in [0.15, 0.2) is 18.2 Å². The summed E-state index contributed by atoms with van der Waals surface area (Å²) in [6.07, 6.45) is 0.214. The van der Waals surface area contributed by atoms with E-state index in [-0.39, 0.29) is 30.8 Å². The number of aromatic hydroxyl groups is 1. The minimum atomic E-state index is -1.28. The normalized spacial score (nSPS) is 13.3. The van der Waals surface area contributed by atoms with Crippen LogP contribution >= 0.6 is 11.8 Å². The number of ether oxygens (including phenoxy) is 1. The maximum Gasteiger partial charge on any atom is 0.322 e. The van der Waals surface area contributed by atoms with Crippen LogP contribution in [0.1, 0.15) is 30.1 Å². The lowest BCUT2D eigenvalue weighted by Gasteiger charge is -2.22. The van der Waals surface area contributed by atoms with Crippen molar-refractivity contribution in [3.05, 3.63) is 23.8 Å². The zero-order valence-corrected chi connectivity index (χ0v) is 18.7. The molecule has 0 aliphatic heterocycles. The SMILES string of the molecule is COc1ccc(C(CC=O)SCC(NC(=O)CCC(N)C(=O)O)C(=O)NCC(=O)O)c(O)c1. The van der Waals surface area contributed by atoms with Gasteiger partial charge in [-0.1, -0.05) is 6.07 Å². The first-order valence-corrected chi connectivity index (χ1v) is 10.8. The van der Waals surface area contributed by atoms with Gasteiger partial charge in [-0.3, -0.25) is 19.2 Å². The van der Waals surface area contributed by atoms with E-state index in [1.165, 1.54) is 13.2 Å². The second-order valence-electron chi connectivity index (χ2n) is 6.86. The molecule has 0 aliphatic carbocycles. The summed E-state index contributed by atoms with van der Waals surface area (Å²) < 4.78 is 5.03. The number of nitrogens with one attached hydrogen (secondary N) is 2. The maximum absolute atomic E-state index is 12.4. The smallest absolute Gasteiger partial charge is 0.322 e. The third-order valence-corrected chi connectivity index (χ3v) is 5.80. The molecule has 3 atom stereocenters. The Morgan fingerprint density at radius 2 is 1.94 bits per heavy atom. The second kappa shape index (κ2) is 14.0. The highest BCUT2D eigenvalue weighted by Gasteiger charge is 2.25. The van der Waals surface area contributed by atoms with Gasteiger partial charge in [-0.25, -0.2) is 0 Å². The molecule has 0 saturated carbocycles. The number of carbonyl (C=O) groups is 5. The number of phenols is 1. The van der Waals surface area contributed by atoms with Crippen molar-refractivity contribution in [3.8, 4) is 11.5 Å². The van der Waals surface area contributed by atoms with Gasteiger partial charge in [0.1, 0.15) is 36.4 Å². The summed E-state index contributed by atoms with van der Waals surface area (Å²) in [7, 11) is 1.43. The van der Waals surface area contributed by atoms with Crippen molar-refractivity contribution in [1.29, 1.82) is 0 Å². The number of phenolic OH excluding ortho intramolecular Hbond substituents is 1. The number of aliphatic carboxylic acids is 2. The minimum Gasteiger partial charge on any atom is -0.507 e. The lowest BCUT2D eigenvalue weighted by atomic mass is 10.1. The fourth-order valence-electron chi connectivity index (χ4n) is 2.65. The van der Waals surface area contributed by atoms with Crippen molar-refractivity contribution in [3.63, 3.8) is 0 Å². The van der Waals surface area contributed by atoms with Crippen LogP contribution in [-0.2, 0) is 24.0 Å². The number of thioether (sulfide) groups is 1. The van der Waals surface area contributed by atoms with Crippen LogP contribution in [0.3, 0.4) is 0 Å². The fraction of sp³-hybridized carbons (Fsp3) is 0.450. The Kier molecular flexibility index (Phi) is 11.7. The average Bonchev–Trinajstić information content (AvgIpc) is 2.77. The zero-order chi connectivity index (χ0) is 25.0. The molecule has 12 nitrogen and oxygen atoms in total. The quantitative estimate of drug-likeness (QED) is 0.177. The standard InChI is InChI=1S/C20H27N3O9S/c1-32-11-2-3-12(15(25)8-11)16(6-7-24)33-10-14(19(29)22-9-18(27)28)23-17(26)5-4-13(21)20(30)31/h2-3,7-8,13-14,16,25H,4-6,9-10,21H2,1H3,(H,22,29)(H,23,26)(H,27,28)(H,30,31). The summed E-state index contributed by atoms with van der Waals surface area (Å²) >= 11 is 1.09. The molecule has 1 aromatic rings. The summed E-state index contributed by atoms with van der Waals surface area (Å²) in [6.45, 7) is -0.670. The first kappa shape index (κ1) is 27.7. The molecule has 0 heterocycles. The van der Waals surface area contributed by atoms with E-state index in [1.54, 1.807) is 12.1 Å². The molecule has 7 N–H and O–H groups in total. The fourth-order valence-corrected chi connectivity index (χ4v) is 3.91. The summed E-state index contributed by atoms with van der Waals surface area (Å²) in [5, 5.41) is 31.9. The summed E-state index contributed by atoms with van der Waals surface area (Å²) in [6, 6.07) is 2.11. The van der Waals surface area contributed by atoms with E-state index < -0.39 is 47.6 Å². The zero-order valence-electron chi connectivity index (χ0n) is 17.9. The van der Waals surface area contributed by atoms with Gasteiger partial charge < -0.3 is 41.2 Å². The predicted octanol–water partition coefficient (Wildman–Crippen LogP) is -0.358. The molecule has 0 aliphatic rings. The Morgan fingerprint density at radius 1 is 1.24 bits per heavy atom. The Morgan fingerprint density at radius 3 is 2.48 bits per heavy atom. The van der Waals surface area contributed by atoms with Crippen molar-refractivity contribution in [1.82, 2.24) is 10.6 Å². The molecule has 3 unspecified atom stereocenters. The van der Waals surface area contributed by atoms with E-state index >= 15 is 0 Å². The molecule has 2 amide bonds. The Bertz CT molecular complexity index is 865. The number of benzene rings is 1. The van der Waals surface area contributed by atoms with Crippen molar-refractivity contribution < 1.29 is 44.0 Å². The number of aldehydes is 1. The van der Waals surface area contributed by atoms with Gasteiger partial charge in [0.2, 0.25) is 11.8 Å². The van der Waals surface area contributed by atoms with E-state index in [2.05, 4.69) is 10.6 Å². The average molecular weight is 486 g/mol. The van der Waals surface area contributed by atoms with Crippen LogP contribution in [0.25, 0.3) is 0 Å². The second-order valence-corrected chi connectivity index (χ2v) is 8.10. The maximum atomic E-state index is 12.4. The number of carbonyl (C=O) groups excluding carboxylic acids is 3. The number of amides is 2. The molecule has 13 heteroatoms. The van der Waals surface area contributed by atoms with Gasteiger partial charge in [-0.05, 0) is 12.5 Å². The lowest BCUT2D eigenvalue weighted by molar-refractivity contribution is -0.139. The van der Waals surface area contributed by atoms with E-state index in [4.69, 9.17) is 20.7 Å². The number of rotatable bonds is 15. The lowest BCUT2D eigenvalue weighted by Crippen LogP contribution is -2.49. The molecule has 182 valence electrons. The summed E-state index contributed by atoms with van der Waals surface area (Å²) in [5.74, 6) is -3.75. The van der Waals surface area contributed by atoms with E-state index in [0.29, 0.717) is 17.6 Å². The molecule has 0 saturated heterocycles. The number of methoxy groups -OCH3 is 1. The van der Waals surface area contributed by atoms with Crippen LogP contribution in [0.5, 0.6) is 11.5 Å². The van der Waals surface area contributed by atoms with Crippen LogP contribution in [0, 0.1) is 0 Å². The van der Waals surface area contributed by atoms with Gasteiger partial charge in [0, 0.05) is 35.5 Å². The topological polar surface area (TPSA) is 205 Å². The summed E-state index contributed by atoms with van der Waals surface area (Å²) in [5.41, 5.74) is 5.79. The highest BCUT2D eigenvalue weighted by molar-refractivity contribution is 7.99. The van der Waals surface area contributed by atoms with Gasteiger partial charge >= 0.3 is 11.9 Å². The van der Waals surface area contributed by atoms with Crippen molar-refractivity contribution in [2.24, 2.45) is 5.73 Å². The van der Waals surface area contributed by atoms with Crippen LogP contribution in [0.4, 0.5) is 0 Å². The Labute approximate surface area is 193 Å². The van der Waals surface area contributed by atoms with Crippen molar-refractivity contribution in [2.45, 2.75) is 36.6 Å². The first-order valence-electron chi connectivity index (χ1n) is 9.78.